The van der Waals surface area contributed by atoms with Gasteiger partial charge in [-0.25, -0.2) is 0 Å². The molecule has 0 atom stereocenters. The van der Waals surface area contributed by atoms with E-state index in [0.29, 0.717) is 0 Å². The lowest BCUT2D eigenvalue weighted by Crippen LogP contribution is -2.15. The van der Waals surface area contributed by atoms with Crippen LogP contribution < -0.4 is 0 Å². The highest BCUT2D eigenvalue weighted by Gasteiger charge is 1.89. The molecule has 0 fully saturated rings. The minimum atomic E-state index is 1.21. The van der Waals surface area contributed by atoms with Gasteiger partial charge in [-0.05, 0) is 20.4 Å². The fourth-order valence-electron chi connectivity index (χ4n) is 0.491. The van der Waals surface area contributed by atoms with Gasteiger partial charge in [0.2, 0.25) is 0 Å². The SMILES string of the molecule is CSCCSCCN(C)C. The molecule has 0 aliphatic rings. The van der Waals surface area contributed by atoms with Crippen molar-refractivity contribution in [3.05, 3.63) is 0 Å². The number of hydrogen-bond acceptors (Lipinski definition) is 3. The van der Waals surface area contributed by atoms with Gasteiger partial charge in [0, 0.05) is 23.8 Å². The quantitative estimate of drug-likeness (QED) is 0.571. The molecule has 0 heterocycles. The summed E-state index contributed by atoms with van der Waals surface area (Å²) >= 11 is 3.97. The Morgan fingerprint density at radius 2 is 1.80 bits per heavy atom. The largest absolute Gasteiger partial charge is 0.309 e. The van der Waals surface area contributed by atoms with Crippen LogP contribution in [0, 0.1) is 0 Å². The van der Waals surface area contributed by atoms with E-state index in [4.69, 9.17) is 0 Å². The summed E-state index contributed by atoms with van der Waals surface area (Å²) in [4.78, 5) is 2.23. The van der Waals surface area contributed by atoms with Crippen LogP contribution in [0.25, 0.3) is 0 Å². The van der Waals surface area contributed by atoms with Gasteiger partial charge in [0.25, 0.3) is 0 Å². The zero-order chi connectivity index (χ0) is 7.82. The van der Waals surface area contributed by atoms with Crippen molar-refractivity contribution >= 4 is 23.5 Å². The highest BCUT2D eigenvalue weighted by atomic mass is 32.2. The van der Waals surface area contributed by atoms with Crippen molar-refractivity contribution in [3.63, 3.8) is 0 Å². The third-order valence-electron chi connectivity index (χ3n) is 1.11. The summed E-state index contributed by atoms with van der Waals surface area (Å²) in [6.45, 7) is 1.21. The molecule has 0 spiro atoms. The maximum absolute atomic E-state index is 2.23. The van der Waals surface area contributed by atoms with Crippen molar-refractivity contribution in [3.8, 4) is 0 Å². The minimum Gasteiger partial charge on any atom is -0.309 e. The molecule has 0 rings (SSSR count). The second-order valence-electron chi connectivity index (χ2n) is 2.41. The molecule has 0 aromatic rings. The normalized spacial score (nSPS) is 10.8. The molecule has 0 aliphatic carbocycles. The zero-order valence-electron chi connectivity index (χ0n) is 7.09. The summed E-state index contributed by atoms with van der Waals surface area (Å²) in [5.74, 6) is 3.86. The van der Waals surface area contributed by atoms with E-state index in [1.807, 2.05) is 23.5 Å². The van der Waals surface area contributed by atoms with Crippen molar-refractivity contribution in [1.29, 1.82) is 0 Å². The highest BCUT2D eigenvalue weighted by molar-refractivity contribution is 8.02. The van der Waals surface area contributed by atoms with E-state index in [1.54, 1.807) is 0 Å². The third-order valence-corrected chi connectivity index (χ3v) is 2.95. The van der Waals surface area contributed by atoms with Gasteiger partial charge in [0.15, 0.2) is 0 Å². The number of rotatable bonds is 6. The molecular formula is C7H17NS2. The van der Waals surface area contributed by atoms with Gasteiger partial charge < -0.3 is 4.90 Å². The lowest BCUT2D eigenvalue weighted by molar-refractivity contribution is 0.437. The summed E-state index contributed by atoms with van der Waals surface area (Å²) in [6, 6.07) is 0. The predicted octanol–water partition coefficient (Wildman–Crippen LogP) is 1.64. The third kappa shape index (κ3) is 8.66. The van der Waals surface area contributed by atoms with Crippen molar-refractivity contribution in [2.45, 2.75) is 0 Å². The summed E-state index contributed by atoms with van der Waals surface area (Å²) in [7, 11) is 4.24. The van der Waals surface area contributed by atoms with Crippen LogP contribution in [0.5, 0.6) is 0 Å². The Labute approximate surface area is 72.9 Å². The Bertz CT molecular complexity index is 66.6. The average Bonchev–Trinajstić information content (AvgIpc) is 1.87. The first-order chi connectivity index (χ1) is 4.77. The maximum Gasteiger partial charge on any atom is 0.00662 e. The molecule has 0 saturated heterocycles. The van der Waals surface area contributed by atoms with E-state index in [0.717, 1.165) is 0 Å². The molecule has 0 saturated carbocycles. The van der Waals surface area contributed by atoms with E-state index in [2.05, 4.69) is 25.3 Å². The van der Waals surface area contributed by atoms with Gasteiger partial charge in [0.1, 0.15) is 0 Å². The van der Waals surface area contributed by atoms with Crippen molar-refractivity contribution in [1.82, 2.24) is 4.90 Å². The summed E-state index contributed by atoms with van der Waals surface area (Å²) in [5.41, 5.74) is 0. The monoisotopic (exact) mass is 179 g/mol. The van der Waals surface area contributed by atoms with Crippen LogP contribution in [0.1, 0.15) is 0 Å². The van der Waals surface area contributed by atoms with Crippen molar-refractivity contribution in [2.24, 2.45) is 0 Å². The Kier molecular flexibility index (Phi) is 8.28. The van der Waals surface area contributed by atoms with Gasteiger partial charge in [-0.1, -0.05) is 0 Å². The second kappa shape index (κ2) is 7.76. The van der Waals surface area contributed by atoms with Crippen LogP contribution in [-0.4, -0.2) is 49.1 Å². The molecule has 0 aromatic carbocycles. The maximum atomic E-state index is 2.23. The molecule has 62 valence electrons. The molecule has 10 heavy (non-hydrogen) atoms. The van der Waals surface area contributed by atoms with E-state index in [9.17, 15) is 0 Å². The average molecular weight is 179 g/mol. The molecule has 0 aliphatic heterocycles. The van der Waals surface area contributed by atoms with Crippen LogP contribution in [-0.2, 0) is 0 Å². The van der Waals surface area contributed by atoms with Crippen LogP contribution in [0.2, 0.25) is 0 Å². The van der Waals surface area contributed by atoms with E-state index >= 15 is 0 Å². The highest BCUT2D eigenvalue weighted by Crippen LogP contribution is 2.03. The lowest BCUT2D eigenvalue weighted by atomic mass is 10.7. The molecule has 0 aromatic heterocycles. The predicted molar refractivity (Wildman–Crippen MR) is 54.3 cm³/mol. The zero-order valence-corrected chi connectivity index (χ0v) is 8.73. The molecule has 0 N–H and O–H groups in total. The van der Waals surface area contributed by atoms with Crippen molar-refractivity contribution < 1.29 is 0 Å². The summed E-state index contributed by atoms with van der Waals surface area (Å²) in [6.07, 6.45) is 2.16. The Hall–Kier alpha value is 0.660. The van der Waals surface area contributed by atoms with Crippen LogP contribution >= 0.6 is 23.5 Å². The molecular weight excluding hydrogens is 162 g/mol. The first kappa shape index (κ1) is 10.7. The molecule has 0 radical (unpaired) electrons. The van der Waals surface area contributed by atoms with E-state index in [1.165, 1.54) is 23.8 Å². The van der Waals surface area contributed by atoms with Gasteiger partial charge in [-0.15, -0.1) is 0 Å². The minimum absolute atomic E-state index is 1.21. The lowest BCUT2D eigenvalue weighted by Gasteiger charge is -2.07. The number of hydrogen-bond donors (Lipinski definition) is 0. The molecule has 0 amide bonds. The first-order valence-corrected chi connectivity index (χ1v) is 6.03. The first-order valence-electron chi connectivity index (χ1n) is 3.48. The standard InChI is InChI=1S/C7H17NS2/c1-8(2)4-5-10-7-6-9-3/h4-7H2,1-3H3. The smallest absolute Gasteiger partial charge is 0.00662 e. The number of nitrogens with zero attached hydrogens (tertiary/aromatic N) is 1. The van der Waals surface area contributed by atoms with E-state index < -0.39 is 0 Å². The molecule has 3 heteroatoms. The van der Waals surface area contributed by atoms with Crippen LogP contribution in [0.15, 0.2) is 0 Å². The van der Waals surface area contributed by atoms with Crippen molar-refractivity contribution in [2.75, 3.05) is 44.2 Å². The summed E-state index contributed by atoms with van der Waals surface area (Å²) in [5, 5.41) is 0. The topological polar surface area (TPSA) is 3.24 Å². The van der Waals surface area contributed by atoms with Crippen LogP contribution in [0.3, 0.4) is 0 Å². The number of thioether (sulfide) groups is 2. The fourth-order valence-corrected chi connectivity index (χ4v) is 2.33. The molecule has 0 bridgehead atoms. The van der Waals surface area contributed by atoms with Gasteiger partial charge in [0.05, 0.1) is 0 Å². The molecule has 1 nitrogen and oxygen atoms in total. The Morgan fingerprint density at radius 1 is 1.10 bits per heavy atom. The van der Waals surface area contributed by atoms with Gasteiger partial charge in [-0.3, -0.25) is 0 Å². The summed E-state index contributed by atoms with van der Waals surface area (Å²) < 4.78 is 0. The van der Waals surface area contributed by atoms with Gasteiger partial charge >= 0.3 is 0 Å². The van der Waals surface area contributed by atoms with Gasteiger partial charge in [-0.2, -0.15) is 23.5 Å². The van der Waals surface area contributed by atoms with Crippen LogP contribution in [0.4, 0.5) is 0 Å². The Morgan fingerprint density at radius 3 is 2.30 bits per heavy atom. The van der Waals surface area contributed by atoms with E-state index in [-0.39, 0.29) is 0 Å². The molecule has 0 unspecified atom stereocenters. The second-order valence-corrected chi connectivity index (χ2v) is 4.62. The fraction of sp³-hybridized carbons (Fsp3) is 1.00. The Balaban J connectivity index is 2.77.